The molecule has 3 N–H and O–H groups in total. The lowest BCUT2D eigenvalue weighted by atomic mass is 9.91. The molecule has 1 saturated carbocycles. The largest absolute Gasteiger partial charge is 0.343 e. The molecule has 0 aliphatic heterocycles. The molecule has 2 unspecified atom stereocenters. The normalized spacial score (nSPS) is 29.0. The molecule has 1 heterocycles. The zero-order valence-corrected chi connectivity index (χ0v) is 7.44. The Hall–Kier alpha value is -1.10. The number of aromatic amines is 1. The second-order valence-electron chi connectivity index (χ2n) is 3.58. The summed E-state index contributed by atoms with van der Waals surface area (Å²) < 4.78 is 1.61. The molecule has 1 aliphatic rings. The summed E-state index contributed by atoms with van der Waals surface area (Å²) in [6.45, 7) is 0. The van der Waals surface area contributed by atoms with Crippen LogP contribution in [0.5, 0.6) is 0 Å². The molecule has 72 valence electrons. The lowest BCUT2D eigenvalue weighted by Gasteiger charge is -2.28. The van der Waals surface area contributed by atoms with Crippen LogP contribution in [0.1, 0.15) is 31.7 Å². The van der Waals surface area contributed by atoms with E-state index in [0.717, 1.165) is 19.3 Å². The van der Waals surface area contributed by atoms with Crippen molar-refractivity contribution in [2.75, 3.05) is 0 Å². The van der Waals surface area contributed by atoms with Gasteiger partial charge >= 0.3 is 5.69 Å². The molecule has 13 heavy (non-hydrogen) atoms. The van der Waals surface area contributed by atoms with Crippen molar-refractivity contribution in [1.82, 2.24) is 14.8 Å². The zero-order chi connectivity index (χ0) is 9.26. The Morgan fingerprint density at radius 3 is 2.92 bits per heavy atom. The highest BCUT2D eigenvalue weighted by atomic mass is 16.1. The zero-order valence-electron chi connectivity index (χ0n) is 7.44. The first kappa shape index (κ1) is 8.50. The van der Waals surface area contributed by atoms with Crippen LogP contribution in [0.2, 0.25) is 0 Å². The third-order valence-corrected chi connectivity index (χ3v) is 2.72. The van der Waals surface area contributed by atoms with Crippen molar-refractivity contribution in [2.24, 2.45) is 5.73 Å². The second-order valence-corrected chi connectivity index (χ2v) is 3.58. The van der Waals surface area contributed by atoms with Gasteiger partial charge in [0.2, 0.25) is 0 Å². The molecule has 0 amide bonds. The van der Waals surface area contributed by atoms with E-state index in [2.05, 4.69) is 10.2 Å². The Morgan fingerprint density at radius 2 is 2.31 bits per heavy atom. The second kappa shape index (κ2) is 3.33. The fraction of sp³-hybridized carbons (Fsp3) is 0.750. The van der Waals surface area contributed by atoms with Gasteiger partial charge in [0, 0.05) is 6.04 Å². The van der Waals surface area contributed by atoms with E-state index in [1.807, 2.05) is 0 Å². The first-order chi connectivity index (χ1) is 6.29. The van der Waals surface area contributed by atoms with E-state index in [1.54, 1.807) is 4.57 Å². The molecule has 1 aliphatic carbocycles. The first-order valence-corrected chi connectivity index (χ1v) is 4.66. The van der Waals surface area contributed by atoms with Gasteiger partial charge in [0.15, 0.2) is 0 Å². The van der Waals surface area contributed by atoms with E-state index in [4.69, 9.17) is 5.73 Å². The standard InChI is InChI=1S/C8H14N4O/c9-6-3-1-2-4-7(6)12-5-10-11-8(12)13/h5-7H,1-4,9H2,(H,11,13). The SMILES string of the molecule is NC1CCCCC1n1cn[nH]c1=O. The minimum atomic E-state index is -0.151. The summed E-state index contributed by atoms with van der Waals surface area (Å²) in [6, 6.07) is 0.240. The van der Waals surface area contributed by atoms with Gasteiger partial charge in [-0.1, -0.05) is 12.8 Å². The van der Waals surface area contributed by atoms with Crippen molar-refractivity contribution in [3.05, 3.63) is 16.8 Å². The lowest BCUT2D eigenvalue weighted by molar-refractivity contribution is 0.300. The average molecular weight is 182 g/mol. The quantitative estimate of drug-likeness (QED) is 0.642. The molecule has 0 spiro atoms. The van der Waals surface area contributed by atoms with E-state index in [0.29, 0.717) is 0 Å². The Balaban J connectivity index is 2.24. The van der Waals surface area contributed by atoms with Crippen LogP contribution in [-0.4, -0.2) is 20.8 Å². The average Bonchev–Trinajstić information content (AvgIpc) is 2.52. The van der Waals surface area contributed by atoms with Crippen LogP contribution < -0.4 is 11.4 Å². The van der Waals surface area contributed by atoms with Crippen molar-refractivity contribution in [3.63, 3.8) is 0 Å². The molecule has 5 heteroatoms. The number of nitrogens with two attached hydrogens (primary N) is 1. The van der Waals surface area contributed by atoms with Crippen LogP contribution in [0, 0.1) is 0 Å². The number of nitrogens with one attached hydrogen (secondary N) is 1. The summed E-state index contributed by atoms with van der Waals surface area (Å²) in [5.74, 6) is 0. The van der Waals surface area contributed by atoms with Gasteiger partial charge in [-0.15, -0.1) is 0 Å². The highest BCUT2D eigenvalue weighted by Crippen LogP contribution is 2.25. The summed E-state index contributed by atoms with van der Waals surface area (Å²) in [5.41, 5.74) is 5.79. The third-order valence-electron chi connectivity index (χ3n) is 2.72. The maximum atomic E-state index is 11.3. The number of rotatable bonds is 1. The van der Waals surface area contributed by atoms with Crippen molar-refractivity contribution in [3.8, 4) is 0 Å². The molecular formula is C8H14N4O. The van der Waals surface area contributed by atoms with Crippen molar-refractivity contribution in [2.45, 2.75) is 37.8 Å². The summed E-state index contributed by atoms with van der Waals surface area (Å²) in [4.78, 5) is 11.3. The topological polar surface area (TPSA) is 76.7 Å². The molecule has 0 bridgehead atoms. The highest BCUT2D eigenvalue weighted by molar-refractivity contribution is 4.85. The summed E-state index contributed by atoms with van der Waals surface area (Å²) in [5, 5.41) is 6.09. The van der Waals surface area contributed by atoms with Gasteiger partial charge in [0.25, 0.3) is 0 Å². The Kier molecular flexibility index (Phi) is 2.18. The van der Waals surface area contributed by atoms with Gasteiger partial charge in [-0.05, 0) is 12.8 Å². The minimum absolute atomic E-state index is 0.101. The van der Waals surface area contributed by atoms with E-state index in [-0.39, 0.29) is 17.8 Å². The third kappa shape index (κ3) is 1.51. The molecular weight excluding hydrogens is 168 g/mol. The van der Waals surface area contributed by atoms with Gasteiger partial charge in [-0.3, -0.25) is 4.57 Å². The molecule has 2 atom stereocenters. The molecule has 2 rings (SSSR count). The molecule has 1 aromatic heterocycles. The lowest BCUT2D eigenvalue weighted by Crippen LogP contribution is -2.38. The monoisotopic (exact) mass is 182 g/mol. The van der Waals surface area contributed by atoms with E-state index in [1.165, 1.54) is 12.7 Å². The fourth-order valence-corrected chi connectivity index (χ4v) is 1.98. The number of aromatic nitrogens is 3. The summed E-state index contributed by atoms with van der Waals surface area (Å²) in [6.07, 6.45) is 5.85. The van der Waals surface area contributed by atoms with E-state index in [9.17, 15) is 4.79 Å². The summed E-state index contributed by atoms with van der Waals surface area (Å²) >= 11 is 0. The van der Waals surface area contributed by atoms with Crippen LogP contribution >= 0.6 is 0 Å². The maximum absolute atomic E-state index is 11.3. The Bertz CT molecular complexity index is 329. The van der Waals surface area contributed by atoms with Crippen molar-refractivity contribution < 1.29 is 0 Å². The van der Waals surface area contributed by atoms with E-state index < -0.39 is 0 Å². The van der Waals surface area contributed by atoms with Gasteiger partial charge in [-0.2, -0.15) is 5.10 Å². The van der Waals surface area contributed by atoms with Crippen LogP contribution in [0.3, 0.4) is 0 Å². The molecule has 1 aromatic rings. The van der Waals surface area contributed by atoms with Crippen LogP contribution in [0.25, 0.3) is 0 Å². The highest BCUT2D eigenvalue weighted by Gasteiger charge is 2.24. The predicted octanol–water partition coefficient (Wildman–Crippen LogP) is 0.0138. The maximum Gasteiger partial charge on any atom is 0.343 e. The Morgan fingerprint density at radius 1 is 1.54 bits per heavy atom. The number of hydrogen-bond acceptors (Lipinski definition) is 3. The molecule has 1 fully saturated rings. The van der Waals surface area contributed by atoms with Crippen LogP contribution in [-0.2, 0) is 0 Å². The van der Waals surface area contributed by atoms with Crippen molar-refractivity contribution in [1.29, 1.82) is 0 Å². The molecule has 0 aromatic carbocycles. The van der Waals surface area contributed by atoms with Gasteiger partial charge in [0.05, 0.1) is 6.04 Å². The van der Waals surface area contributed by atoms with E-state index >= 15 is 0 Å². The number of hydrogen-bond donors (Lipinski definition) is 2. The minimum Gasteiger partial charge on any atom is -0.326 e. The number of H-pyrrole nitrogens is 1. The van der Waals surface area contributed by atoms with Gasteiger partial charge in [0.1, 0.15) is 6.33 Å². The number of nitrogens with zero attached hydrogens (tertiary/aromatic N) is 2. The van der Waals surface area contributed by atoms with Gasteiger partial charge in [-0.25, -0.2) is 9.89 Å². The summed E-state index contributed by atoms with van der Waals surface area (Å²) in [7, 11) is 0. The van der Waals surface area contributed by atoms with Gasteiger partial charge < -0.3 is 5.73 Å². The van der Waals surface area contributed by atoms with Crippen LogP contribution in [0.4, 0.5) is 0 Å². The smallest absolute Gasteiger partial charge is 0.326 e. The molecule has 5 nitrogen and oxygen atoms in total. The first-order valence-electron chi connectivity index (χ1n) is 4.66. The predicted molar refractivity (Wildman–Crippen MR) is 48.3 cm³/mol. The van der Waals surface area contributed by atoms with Crippen LogP contribution in [0.15, 0.2) is 11.1 Å². The fourth-order valence-electron chi connectivity index (χ4n) is 1.98. The van der Waals surface area contributed by atoms with Crippen molar-refractivity contribution >= 4 is 0 Å². The molecule has 0 saturated heterocycles. The molecule has 0 radical (unpaired) electrons. The Labute approximate surface area is 75.9 Å².